The lowest BCUT2D eigenvalue weighted by molar-refractivity contribution is 0.100. The lowest BCUT2D eigenvalue weighted by atomic mass is 10.1. The molecule has 1 heterocycles. The number of carbonyl (C=O) groups is 2. The minimum atomic E-state index is -3.34. The SMILES string of the molecule is CCS(=O)(=O)c1ccc(C(=O)Nc2sc(-c3ccccc3)cc2C(N)=O)cc1. The van der Waals surface area contributed by atoms with Crippen molar-refractivity contribution in [1.29, 1.82) is 0 Å². The summed E-state index contributed by atoms with van der Waals surface area (Å²) in [6.45, 7) is 1.56. The molecule has 2 aromatic carbocycles. The molecule has 3 rings (SSSR count). The summed E-state index contributed by atoms with van der Waals surface area (Å²) >= 11 is 1.25. The molecule has 0 atom stereocenters. The Labute approximate surface area is 166 Å². The number of nitrogens with two attached hydrogens (primary N) is 1. The first-order valence-electron chi connectivity index (χ1n) is 8.45. The summed E-state index contributed by atoms with van der Waals surface area (Å²) in [5.74, 6) is -1.11. The molecule has 144 valence electrons. The smallest absolute Gasteiger partial charge is 0.256 e. The van der Waals surface area contributed by atoms with Crippen molar-refractivity contribution < 1.29 is 18.0 Å². The molecule has 0 saturated heterocycles. The second-order valence-corrected chi connectivity index (χ2v) is 9.30. The first-order chi connectivity index (χ1) is 13.3. The van der Waals surface area contributed by atoms with Gasteiger partial charge in [0.1, 0.15) is 5.00 Å². The molecule has 28 heavy (non-hydrogen) atoms. The van der Waals surface area contributed by atoms with Gasteiger partial charge < -0.3 is 11.1 Å². The van der Waals surface area contributed by atoms with Crippen LogP contribution in [0, 0.1) is 0 Å². The highest BCUT2D eigenvalue weighted by molar-refractivity contribution is 7.91. The van der Waals surface area contributed by atoms with E-state index in [0.717, 1.165) is 10.4 Å². The van der Waals surface area contributed by atoms with E-state index in [1.54, 1.807) is 13.0 Å². The normalized spacial score (nSPS) is 11.2. The molecular formula is C20H18N2O4S2. The summed E-state index contributed by atoms with van der Waals surface area (Å²) < 4.78 is 23.8. The number of benzene rings is 2. The zero-order chi connectivity index (χ0) is 20.3. The maximum Gasteiger partial charge on any atom is 0.256 e. The minimum absolute atomic E-state index is 0.0159. The van der Waals surface area contributed by atoms with E-state index in [4.69, 9.17) is 5.73 Å². The first-order valence-corrected chi connectivity index (χ1v) is 10.9. The van der Waals surface area contributed by atoms with Crippen LogP contribution in [0.1, 0.15) is 27.6 Å². The van der Waals surface area contributed by atoms with E-state index in [9.17, 15) is 18.0 Å². The van der Waals surface area contributed by atoms with E-state index in [0.29, 0.717) is 5.00 Å². The van der Waals surface area contributed by atoms with Crippen molar-refractivity contribution in [3.63, 3.8) is 0 Å². The van der Waals surface area contributed by atoms with Crippen LogP contribution in [0.5, 0.6) is 0 Å². The highest BCUT2D eigenvalue weighted by Gasteiger charge is 2.18. The Morgan fingerprint density at radius 3 is 2.25 bits per heavy atom. The van der Waals surface area contributed by atoms with Crippen LogP contribution in [-0.2, 0) is 9.84 Å². The van der Waals surface area contributed by atoms with E-state index in [1.165, 1.54) is 35.6 Å². The van der Waals surface area contributed by atoms with Gasteiger partial charge >= 0.3 is 0 Å². The predicted molar refractivity (Wildman–Crippen MR) is 110 cm³/mol. The summed E-state index contributed by atoms with van der Waals surface area (Å²) in [7, 11) is -3.34. The molecule has 0 aliphatic carbocycles. The molecule has 0 aliphatic rings. The minimum Gasteiger partial charge on any atom is -0.366 e. The number of anilines is 1. The van der Waals surface area contributed by atoms with E-state index in [2.05, 4.69) is 5.32 Å². The van der Waals surface area contributed by atoms with Gasteiger partial charge in [-0.1, -0.05) is 37.3 Å². The number of carbonyl (C=O) groups excluding carboxylic acids is 2. The van der Waals surface area contributed by atoms with E-state index >= 15 is 0 Å². The van der Waals surface area contributed by atoms with Gasteiger partial charge in [0.15, 0.2) is 9.84 Å². The van der Waals surface area contributed by atoms with E-state index in [-0.39, 0.29) is 21.8 Å². The van der Waals surface area contributed by atoms with Gasteiger partial charge in [0.05, 0.1) is 16.2 Å². The number of hydrogen-bond acceptors (Lipinski definition) is 5. The van der Waals surface area contributed by atoms with Gasteiger partial charge in [-0.15, -0.1) is 11.3 Å². The van der Waals surface area contributed by atoms with Gasteiger partial charge in [0.2, 0.25) is 0 Å². The van der Waals surface area contributed by atoms with Crippen molar-refractivity contribution in [3.8, 4) is 10.4 Å². The molecule has 0 fully saturated rings. The van der Waals surface area contributed by atoms with E-state index in [1.807, 2.05) is 30.3 Å². The first kappa shape index (κ1) is 19.8. The molecule has 3 aromatic rings. The van der Waals surface area contributed by atoms with Gasteiger partial charge in [-0.3, -0.25) is 9.59 Å². The Morgan fingerprint density at radius 2 is 1.68 bits per heavy atom. The van der Waals surface area contributed by atoms with Gasteiger partial charge in [-0.2, -0.15) is 0 Å². The van der Waals surface area contributed by atoms with Gasteiger partial charge in [0, 0.05) is 10.4 Å². The molecule has 0 aliphatic heterocycles. The second-order valence-electron chi connectivity index (χ2n) is 5.97. The Balaban J connectivity index is 1.88. The number of rotatable bonds is 6. The zero-order valence-electron chi connectivity index (χ0n) is 15.0. The van der Waals surface area contributed by atoms with Crippen LogP contribution in [0.3, 0.4) is 0 Å². The summed E-state index contributed by atoms with van der Waals surface area (Å²) in [6.07, 6.45) is 0. The topological polar surface area (TPSA) is 106 Å². The van der Waals surface area contributed by atoms with Crippen LogP contribution in [-0.4, -0.2) is 26.0 Å². The Bertz CT molecular complexity index is 1120. The molecule has 0 radical (unpaired) electrons. The molecule has 2 amide bonds. The maximum absolute atomic E-state index is 12.6. The molecule has 8 heteroatoms. The number of amides is 2. The fraction of sp³-hybridized carbons (Fsp3) is 0.100. The van der Waals surface area contributed by atoms with Crippen LogP contribution in [0.2, 0.25) is 0 Å². The number of nitrogens with one attached hydrogen (secondary N) is 1. The standard InChI is InChI=1S/C20H18N2O4S2/c1-2-28(25,26)15-10-8-14(9-11-15)19(24)22-20-16(18(21)23)12-17(27-20)13-6-4-3-5-7-13/h3-12H,2H2,1H3,(H2,21,23)(H,22,24). The summed E-state index contributed by atoms with van der Waals surface area (Å²) in [5.41, 5.74) is 6.86. The van der Waals surface area contributed by atoms with Crippen LogP contribution < -0.4 is 11.1 Å². The molecule has 6 nitrogen and oxygen atoms in total. The van der Waals surface area contributed by atoms with Crippen LogP contribution in [0.4, 0.5) is 5.00 Å². The fourth-order valence-electron chi connectivity index (χ4n) is 2.57. The molecule has 0 bridgehead atoms. The van der Waals surface area contributed by atoms with Crippen molar-refractivity contribution in [1.82, 2.24) is 0 Å². The molecule has 1 aromatic heterocycles. The van der Waals surface area contributed by atoms with Crippen LogP contribution in [0.15, 0.2) is 65.6 Å². The predicted octanol–water partition coefficient (Wildman–Crippen LogP) is 3.56. The van der Waals surface area contributed by atoms with Gasteiger partial charge in [-0.05, 0) is 35.9 Å². The van der Waals surface area contributed by atoms with Gasteiger partial charge in [0.25, 0.3) is 11.8 Å². The highest BCUT2D eigenvalue weighted by atomic mass is 32.2. The van der Waals surface area contributed by atoms with Gasteiger partial charge in [-0.25, -0.2) is 8.42 Å². The monoisotopic (exact) mass is 414 g/mol. The van der Waals surface area contributed by atoms with Crippen molar-refractivity contribution in [2.75, 3.05) is 11.1 Å². The second kappa shape index (κ2) is 7.95. The number of hydrogen-bond donors (Lipinski definition) is 2. The largest absolute Gasteiger partial charge is 0.366 e. The Kier molecular flexibility index (Phi) is 5.62. The fourth-order valence-corrected chi connectivity index (χ4v) is 4.52. The third kappa shape index (κ3) is 4.13. The van der Waals surface area contributed by atoms with Crippen molar-refractivity contribution in [2.24, 2.45) is 5.73 Å². The average molecular weight is 415 g/mol. The van der Waals surface area contributed by atoms with Crippen molar-refractivity contribution >= 4 is 38.0 Å². The highest BCUT2D eigenvalue weighted by Crippen LogP contribution is 2.35. The van der Waals surface area contributed by atoms with E-state index < -0.39 is 21.7 Å². The van der Waals surface area contributed by atoms with Crippen LogP contribution in [0.25, 0.3) is 10.4 Å². The molecule has 0 unspecified atom stereocenters. The zero-order valence-corrected chi connectivity index (χ0v) is 16.6. The number of thiophene rings is 1. The molecular weight excluding hydrogens is 396 g/mol. The van der Waals surface area contributed by atoms with Crippen LogP contribution >= 0.6 is 11.3 Å². The third-order valence-corrected chi connectivity index (χ3v) is 6.99. The third-order valence-electron chi connectivity index (χ3n) is 4.14. The Hall–Kier alpha value is -2.97. The van der Waals surface area contributed by atoms with Crippen molar-refractivity contribution in [3.05, 3.63) is 71.8 Å². The maximum atomic E-state index is 12.6. The molecule has 3 N–H and O–H groups in total. The summed E-state index contributed by atoms with van der Waals surface area (Å²) in [5, 5.41) is 3.05. The summed E-state index contributed by atoms with van der Waals surface area (Å²) in [6, 6.07) is 16.8. The quantitative estimate of drug-likeness (QED) is 0.643. The average Bonchev–Trinajstić information content (AvgIpc) is 3.13. The number of primary amides is 1. The lowest BCUT2D eigenvalue weighted by Gasteiger charge is -2.06. The summed E-state index contributed by atoms with van der Waals surface area (Å²) in [4.78, 5) is 25.3. The Morgan fingerprint density at radius 1 is 1.04 bits per heavy atom. The lowest BCUT2D eigenvalue weighted by Crippen LogP contribution is -2.16. The number of sulfone groups is 1. The molecule has 0 spiro atoms. The van der Waals surface area contributed by atoms with Crippen molar-refractivity contribution in [2.45, 2.75) is 11.8 Å². The molecule has 0 saturated carbocycles.